The molecular weight excluding hydrogens is 431 g/mol. The zero-order chi connectivity index (χ0) is 23.4. The van der Waals surface area contributed by atoms with Crippen LogP contribution in [0.2, 0.25) is 0 Å². The van der Waals surface area contributed by atoms with E-state index in [4.69, 9.17) is 0 Å². The van der Waals surface area contributed by atoms with Gasteiger partial charge < -0.3 is 4.90 Å². The lowest BCUT2D eigenvalue weighted by Gasteiger charge is -2.57. The van der Waals surface area contributed by atoms with Gasteiger partial charge in [0.15, 0.2) is 0 Å². The Labute approximate surface area is 201 Å². The minimum Gasteiger partial charge on any atom is -0.327 e. The lowest BCUT2D eigenvalue weighted by molar-refractivity contribution is -0.164. The fraction of sp³-hybridized carbons (Fsp3) is 0.679. The summed E-state index contributed by atoms with van der Waals surface area (Å²) < 4.78 is 13.5. The Morgan fingerprint density at radius 2 is 1.44 bits per heavy atom. The molecule has 34 heavy (non-hydrogen) atoms. The number of imide groups is 1. The van der Waals surface area contributed by atoms with E-state index in [1.165, 1.54) is 48.4 Å². The van der Waals surface area contributed by atoms with Crippen molar-refractivity contribution in [1.29, 1.82) is 0 Å². The highest BCUT2D eigenvalue weighted by atomic mass is 19.1. The van der Waals surface area contributed by atoms with Gasteiger partial charge >= 0.3 is 0 Å². The minimum absolute atomic E-state index is 0.0259. The number of benzene rings is 1. The number of anilines is 1. The maximum absolute atomic E-state index is 14.5. The zero-order valence-electron chi connectivity index (χ0n) is 19.9. The quantitative estimate of drug-likeness (QED) is 0.451. The van der Waals surface area contributed by atoms with E-state index in [0.29, 0.717) is 23.4 Å². The summed E-state index contributed by atoms with van der Waals surface area (Å²) in [5.41, 5.74) is 0.0511. The first-order chi connectivity index (χ1) is 16.4. The Kier molecular flexibility index (Phi) is 5.53. The summed E-state index contributed by atoms with van der Waals surface area (Å²) in [6, 6.07) is 4.79. The lowest BCUT2D eigenvalue weighted by atomic mass is 9.49. The van der Waals surface area contributed by atoms with Crippen LogP contribution in [0.1, 0.15) is 83.5 Å². The number of carbonyl (C=O) groups is 3. The second-order valence-corrected chi connectivity index (χ2v) is 11.8. The topological polar surface area (TPSA) is 57.7 Å². The number of hydrogen-bond acceptors (Lipinski definition) is 3. The number of hydrogen-bond donors (Lipinski definition) is 0. The summed E-state index contributed by atoms with van der Waals surface area (Å²) in [5.74, 6) is 1.06. The normalized spacial score (nSPS) is 35.6. The standard InChI is InChI=1S/C28H35FN2O3/c29-21-7-9-23(10-8-21)31-25(32)14-24(26(31)33)30(22-5-3-1-2-4-6-22)27(34)28-15-18-11-19(16-28)13-20(12-18)17-28/h7-10,18-20,22,24H,1-6,11-17H2. The zero-order valence-corrected chi connectivity index (χ0v) is 19.9. The molecule has 0 spiro atoms. The first-order valence-corrected chi connectivity index (χ1v) is 13.4. The van der Waals surface area contributed by atoms with Crippen molar-refractivity contribution in [3.8, 4) is 0 Å². The van der Waals surface area contributed by atoms with Crippen LogP contribution in [-0.2, 0) is 14.4 Å². The molecule has 1 unspecified atom stereocenters. The summed E-state index contributed by atoms with van der Waals surface area (Å²) in [5, 5.41) is 0. The van der Waals surface area contributed by atoms with E-state index in [1.807, 2.05) is 4.90 Å². The van der Waals surface area contributed by atoms with Gasteiger partial charge in [0.2, 0.25) is 11.8 Å². The van der Waals surface area contributed by atoms with Crippen LogP contribution in [0.3, 0.4) is 0 Å². The molecule has 5 saturated carbocycles. The van der Waals surface area contributed by atoms with E-state index < -0.39 is 11.9 Å². The largest absolute Gasteiger partial charge is 0.327 e. The van der Waals surface area contributed by atoms with Crippen LogP contribution >= 0.6 is 0 Å². The lowest BCUT2D eigenvalue weighted by Crippen LogP contribution is -2.60. The molecule has 6 fully saturated rings. The second kappa shape index (κ2) is 8.46. The Morgan fingerprint density at radius 1 is 0.882 bits per heavy atom. The number of carbonyl (C=O) groups excluding carboxylic acids is 3. The molecule has 1 aromatic carbocycles. The summed E-state index contributed by atoms with van der Waals surface area (Å²) in [6.07, 6.45) is 12.9. The van der Waals surface area contributed by atoms with Crippen LogP contribution in [0.4, 0.5) is 10.1 Å². The highest BCUT2D eigenvalue weighted by Gasteiger charge is 2.58. The smallest absolute Gasteiger partial charge is 0.257 e. The van der Waals surface area contributed by atoms with Crippen molar-refractivity contribution in [3.63, 3.8) is 0 Å². The molecule has 6 aliphatic rings. The van der Waals surface area contributed by atoms with Crippen LogP contribution in [0.25, 0.3) is 0 Å². The van der Waals surface area contributed by atoms with Gasteiger partial charge in [-0.1, -0.05) is 25.7 Å². The maximum Gasteiger partial charge on any atom is 0.257 e. The molecule has 0 radical (unpaired) electrons. The maximum atomic E-state index is 14.5. The van der Waals surface area contributed by atoms with E-state index in [1.54, 1.807) is 0 Å². The molecule has 7 rings (SSSR count). The average Bonchev–Trinajstić information content (AvgIpc) is 2.96. The van der Waals surface area contributed by atoms with Crippen molar-refractivity contribution in [2.45, 2.75) is 95.6 Å². The van der Waals surface area contributed by atoms with Crippen molar-refractivity contribution < 1.29 is 18.8 Å². The van der Waals surface area contributed by atoms with E-state index in [2.05, 4.69) is 0 Å². The van der Waals surface area contributed by atoms with Gasteiger partial charge in [-0.25, -0.2) is 9.29 Å². The van der Waals surface area contributed by atoms with E-state index in [-0.39, 0.29) is 35.6 Å². The van der Waals surface area contributed by atoms with Gasteiger partial charge in [-0.2, -0.15) is 0 Å². The van der Waals surface area contributed by atoms with Gasteiger partial charge in [0.05, 0.1) is 17.5 Å². The van der Waals surface area contributed by atoms with Crippen LogP contribution in [-0.4, -0.2) is 34.7 Å². The summed E-state index contributed by atoms with van der Waals surface area (Å²) in [6.45, 7) is 0. The molecule has 5 aliphatic carbocycles. The van der Waals surface area contributed by atoms with Gasteiger partial charge in [0.1, 0.15) is 11.9 Å². The summed E-state index contributed by atoms with van der Waals surface area (Å²) >= 11 is 0. The predicted molar refractivity (Wildman–Crippen MR) is 126 cm³/mol. The molecule has 1 heterocycles. The Balaban J connectivity index is 1.34. The minimum atomic E-state index is -0.735. The third-order valence-electron chi connectivity index (χ3n) is 9.49. The first-order valence-electron chi connectivity index (χ1n) is 13.4. The van der Waals surface area contributed by atoms with E-state index in [9.17, 15) is 18.8 Å². The molecule has 6 heteroatoms. The van der Waals surface area contributed by atoms with Crippen molar-refractivity contribution in [1.82, 2.24) is 4.90 Å². The molecule has 1 aliphatic heterocycles. The Hall–Kier alpha value is -2.24. The van der Waals surface area contributed by atoms with Gasteiger partial charge in [-0.05, 0) is 93.4 Å². The van der Waals surface area contributed by atoms with Crippen molar-refractivity contribution in [3.05, 3.63) is 30.1 Å². The van der Waals surface area contributed by atoms with Crippen LogP contribution in [0.5, 0.6) is 0 Å². The van der Waals surface area contributed by atoms with Crippen molar-refractivity contribution in [2.75, 3.05) is 4.90 Å². The Bertz CT molecular complexity index is 947. The highest BCUT2D eigenvalue weighted by Crippen LogP contribution is 2.61. The monoisotopic (exact) mass is 466 g/mol. The first kappa shape index (κ1) is 22.2. The molecular formula is C28H35FN2O3. The van der Waals surface area contributed by atoms with Gasteiger partial charge in [0.25, 0.3) is 5.91 Å². The van der Waals surface area contributed by atoms with Crippen LogP contribution in [0, 0.1) is 29.0 Å². The van der Waals surface area contributed by atoms with Crippen molar-refractivity contribution in [2.24, 2.45) is 23.2 Å². The molecule has 5 nitrogen and oxygen atoms in total. The molecule has 0 N–H and O–H groups in total. The van der Waals surface area contributed by atoms with Crippen molar-refractivity contribution >= 4 is 23.4 Å². The molecule has 182 valence electrons. The fourth-order valence-corrected chi connectivity index (χ4v) is 8.44. The number of amides is 3. The predicted octanol–water partition coefficient (Wildman–Crippen LogP) is 5.23. The number of rotatable bonds is 4. The summed E-state index contributed by atoms with van der Waals surface area (Å²) in [7, 11) is 0. The van der Waals surface area contributed by atoms with Crippen LogP contribution in [0.15, 0.2) is 24.3 Å². The molecule has 1 aromatic rings. The van der Waals surface area contributed by atoms with E-state index in [0.717, 1.165) is 57.8 Å². The fourth-order valence-electron chi connectivity index (χ4n) is 8.44. The highest BCUT2D eigenvalue weighted by molar-refractivity contribution is 6.23. The molecule has 1 atom stereocenters. The summed E-state index contributed by atoms with van der Waals surface area (Å²) in [4.78, 5) is 44.4. The second-order valence-electron chi connectivity index (χ2n) is 11.8. The van der Waals surface area contributed by atoms with E-state index >= 15 is 0 Å². The van der Waals surface area contributed by atoms with Crippen LogP contribution < -0.4 is 4.90 Å². The van der Waals surface area contributed by atoms with Gasteiger partial charge in [-0.15, -0.1) is 0 Å². The molecule has 1 saturated heterocycles. The molecule has 0 aromatic heterocycles. The van der Waals surface area contributed by atoms with Gasteiger partial charge in [-0.3, -0.25) is 14.4 Å². The Morgan fingerprint density at radius 3 is 2.00 bits per heavy atom. The van der Waals surface area contributed by atoms with Gasteiger partial charge in [0, 0.05) is 6.04 Å². The number of halogens is 1. The average molecular weight is 467 g/mol. The SMILES string of the molecule is O=C1CC(N(C(=O)C23CC4CC(CC(C4)C2)C3)C2CCCCCC2)C(=O)N1c1ccc(F)cc1. The third kappa shape index (κ3) is 3.68. The third-order valence-corrected chi connectivity index (χ3v) is 9.49. The molecule has 3 amide bonds. The number of nitrogens with zero attached hydrogens (tertiary/aromatic N) is 2. The molecule has 4 bridgehead atoms.